The van der Waals surface area contributed by atoms with E-state index in [9.17, 15) is 4.79 Å². The van der Waals surface area contributed by atoms with Crippen LogP contribution in [-0.4, -0.2) is 34.8 Å². The number of benzene rings is 1. The Morgan fingerprint density at radius 3 is 2.79 bits per heavy atom. The first-order chi connectivity index (χ1) is 13.5. The number of amides is 1. The molecule has 2 aromatic rings. The van der Waals surface area contributed by atoms with Gasteiger partial charge in [-0.25, -0.2) is 9.98 Å². The molecule has 1 aliphatic heterocycles. The number of likely N-dealkylation sites (tertiary alicyclic amines) is 1. The predicted octanol–water partition coefficient (Wildman–Crippen LogP) is 3.14. The Bertz CT molecular complexity index is 826. The number of hydrogen-bond donors (Lipinski definition) is 2. The Morgan fingerprint density at radius 2 is 2.11 bits per heavy atom. The molecule has 150 valence electrons. The van der Waals surface area contributed by atoms with Crippen molar-refractivity contribution < 1.29 is 4.79 Å². The molecule has 1 aliphatic rings. The number of hydrogen-bond acceptors (Lipinski definition) is 4. The molecule has 0 bridgehead atoms. The minimum absolute atomic E-state index is 0.259. The van der Waals surface area contributed by atoms with Gasteiger partial charge < -0.3 is 15.5 Å². The van der Waals surface area contributed by atoms with E-state index in [0.29, 0.717) is 26.1 Å². The third-order valence-corrected chi connectivity index (χ3v) is 5.85. The van der Waals surface area contributed by atoms with E-state index in [0.717, 1.165) is 47.3 Å². The van der Waals surface area contributed by atoms with Gasteiger partial charge >= 0.3 is 0 Å². The summed E-state index contributed by atoms with van der Waals surface area (Å²) < 4.78 is 0. The minimum Gasteiger partial charge on any atom is -0.357 e. The van der Waals surface area contributed by atoms with Crippen LogP contribution in [-0.2, 0) is 24.4 Å². The number of aryl methyl sites for hydroxylation is 2. The van der Waals surface area contributed by atoms with E-state index >= 15 is 0 Å². The molecule has 7 heteroatoms. The lowest BCUT2D eigenvalue weighted by Crippen LogP contribution is -2.36. The van der Waals surface area contributed by atoms with E-state index in [1.54, 1.807) is 11.3 Å². The van der Waals surface area contributed by atoms with E-state index in [4.69, 9.17) is 4.99 Å². The van der Waals surface area contributed by atoms with Gasteiger partial charge in [-0.05, 0) is 38.3 Å². The summed E-state index contributed by atoms with van der Waals surface area (Å²) >= 11 is 1.72. The summed E-state index contributed by atoms with van der Waals surface area (Å²) in [5.74, 6) is 1.04. The van der Waals surface area contributed by atoms with E-state index in [2.05, 4.69) is 47.7 Å². The molecule has 1 aromatic heterocycles. The summed E-state index contributed by atoms with van der Waals surface area (Å²) in [6.07, 6.45) is 1.65. The molecule has 0 unspecified atom stereocenters. The van der Waals surface area contributed by atoms with E-state index in [-0.39, 0.29) is 5.91 Å². The normalized spacial score (nSPS) is 14.6. The molecule has 1 fully saturated rings. The summed E-state index contributed by atoms with van der Waals surface area (Å²) in [6, 6.07) is 8.35. The number of thiazole rings is 1. The fourth-order valence-corrected chi connectivity index (χ4v) is 4.08. The second-order valence-electron chi connectivity index (χ2n) is 7.04. The number of nitrogens with one attached hydrogen (secondary N) is 2. The summed E-state index contributed by atoms with van der Waals surface area (Å²) in [5.41, 5.74) is 3.40. The molecule has 0 saturated carbocycles. The number of aromatic nitrogens is 1. The van der Waals surface area contributed by atoms with Crippen molar-refractivity contribution in [2.75, 3.05) is 13.1 Å². The van der Waals surface area contributed by atoms with Crippen molar-refractivity contribution in [3.63, 3.8) is 0 Å². The molecular weight excluding hydrogens is 370 g/mol. The Hall–Kier alpha value is -2.41. The fraction of sp³-hybridized carbons (Fsp3) is 0.476. The zero-order valence-corrected chi connectivity index (χ0v) is 17.7. The molecule has 28 heavy (non-hydrogen) atoms. The van der Waals surface area contributed by atoms with Gasteiger partial charge in [0.15, 0.2) is 5.96 Å². The summed E-state index contributed by atoms with van der Waals surface area (Å²) in [5, 5.41) is 7.71. The van der Waals surface area contributed by atoms with Crippen LogP contribution in [0.4, 0.5) is 0 Å². The van der Waals surface area contributed by atoms with Crippen molar-refractivity contribution in [2.45, 2.75) is 53.2 Å². The second-order valence-corrected chi connectivity index (χ2v) is 8.32. The second kappa shape index (κ2) is 9.68. The SMILES string of the molecule is CCNC(=NCc1cccc(CN2CCCC2=O)c1)NCc1nc(C)c(C)s1. The maximum atomic E-state index is 11.8. The highest BCUT2D eigenvalue weighted by molar-refractivity contribution is 7.11. The average molecular weight is 400 g/mol. The van der Waals surface area contributed by atoms with Gasteiger partial charge in [0.05, 0.1) is 18.8 Å². The highest BCUT2D eigenvalue weighted by Gasteiger charge is 2.19. The minimum atomic E-state index is 0.259. The summed E-state index contributed by atoms with van der Waals surface area (Å²) in [4.78, 5) is 24.3. The summed E-state index contributed by atoms with van der Waals surface area (Å²) in [6.45, 7) is 9.81. The molecule has 6 nitrogen and oxygen atoms in total. The zero-order valence-electron chi connectivity index (χ0n) is 16.9. The van der Waals surface area contributed by atoms with Crippen molar-refractivity contribution in [3.8, 4) is 0 Å². The average Bonchev–Trinajstić information content (AvgIpc) is 3.23. The Kier molecular flexibility index (Phi) is 7.03. The number of guanidine groups is 1. The van der Waals surface area contributed by atoms with Gasteiger partial charge in [-0.1, -0.05) is 24.3 Å². The van der Waals surface area contributed by atoms with Crippen LogP contribution in [0, 0.1) is 13.8 Å². The molecule has 3 rings (SSSR count). The lowest BCUT2D eigenvalue weighted by molar-refractivity contribution is -0.128. The third kappa shape index (κ3) is 5.55. The van der Waals surface area contributed by atoms with E-state index in [1.165, 1.54) is 4.88 Å². The topological polar surface area (TPSA) is 69.6 Å². The molecule has 2 N–H and O–H groups in total. The van der Waals surface area contributed by atoms with Crippen molar-refractivity contribution in [1.29, 1.82) is 0 Å². The Balaban J connectivity index is 1.60. The molecular formula is C21H29N5OS. The van der Waals surface area contributed by atoms with Crippen LogP contribution in [0.3, 0.4) is 0 Å². The van der Waals surface area contributed by atoms with Gasteiger partial charge in [0, 0.05) is 30.9 Å². The zero-order chi connectivity index (χ0) is 19.9. The molecule has 0 radical (unpaired) electrons. The molecule has 1 aromatic carbocycles. The quantitative estimate of drug-likeness (QED) is 0.554. The van der Waals surface area contributed by atoms with Gasteiger partial charge in [-0.2, -0.15) is 0 Å². The van der Waals surface area contributed by atoms with Crippen LogP contribution in [0.2, 0.25) is 0 Å². The maximum Gasteiger partial charge on any atom is 0.222 e. The first-order valence-corrected chi connectivity index (χ1v) is 10.7. The number of rotatable bonds is 7. The Labute approximate surface area is 171 Å². The fourth-order valence-electron chi connectivity index (χ4n) is 3.20. The van der Waals surface area contributed by atoms with Gasteiger partial charge in [-0.15, -0.1) is 11.3 Å². The van der Waals surface area contributed by atoms with E-state index in [1.807, 2.05) is 17.9 Å². The number of carbonyl (C=O) groups excluding carboxylic acids is 1. The molecule has 2 heterocycles. The molecule has 1 saturated heterocycles. The van der Waals surface area contributed by atoms with Crippen LogP contribution in [0.25, 0.3) is 0 Å². The molecule has 0 spiro atoms. The monoisotopic (exact) mass is 399 g/mol. The molecule has 0 atom stereocenters. The van der Waals surface area contributed by atoms with Crippen LogP contribution in [0.1, 0.15) is 46.5 Å². The van der Waals surface area contributed by atoms with Crippen molar-refractivity contribution >= 4 is 23.2 Å². The predicted molar refractivity (Wildman–Crippen MR) is 114 cm³/mol. The highest BCUT2D eigenvalue weighted by Crippen LogP contribution is 2.17. The van der Waals surface area contributed by atoms with Crippen molar-refractivity contribution in [1.82, 2.24) is 20.5 Å². The lowest BCUT2D eigenvalue weighted by atomic mass is 10.1. The van der Waals surface area contributed by atoms with Crippen LogP contribution < -0.4 is 10.6 Å². The molecule has 1 amide bonds. The summed E-state index contributed by atoms with van der Waals surface area (Å²) in [7, 11) is 0. The standard InChI is InChI=1S/C21H29N5OS/c1-4-22-21(24-13-19-25-15(2)16(3)28-19)23-12-17-7-5-8-18(11-17)14-26-10-6-9-20(26)27/h5,7-8,11H,4,6,9-10,12-14H2,1-3H3,(H2,22,23,24). The van der Waals surface area contributed by atoms with Gasteiger partial charge in [-0.3, -0.25) is 4.79 Å². The van der Waals surface area contributed by atoms with Crippen LogP contribution >= 0.6 is 11.3 Å². The van der Waals surface area contributed by atoms with Crippen molar-refractivity contribution in [2.24, 2.45) is 4.99 Å². The first-order valence-electron chi connectivity index (χ1n) is 9.86. The van der Waals surface area contributed by atoms with Crippen molar-refractivity contribution in [3.05, 3.63) is 51.0 Å². The third-order valence-electron chi connectivity index (χ3n) is 4.78. The number of aliphatic imine (C=N–C) groups is 1. The molecule has 0 aliphatic carbocycles. The van der Waals surface area contributed by atoms with Crippen LogP contribution in [0.15, 0.2) is 29.3 Å². The number of carbonyl (C=O) groups is 1. The lowest BCUT2D eigenvalue weighted by Gasteiger charge is -2.16. The number of nitrogens with zero attached hydrogens (tertiary/aromatic N) is 3. The van der Waals surface area contributed by atoms with Crippen LogP contribution in [0.5, 0.6) is 0 Å². The largest absolute Gasteiger partial charge is 0.357 e. The highest BCUT2D eigenvalue weighted by atomic mass is 32.1. The van der Waals surface area contributed by atoms with Gasteiger partial charge in [0.1, 0.15) is 5.01 Å². The van der Waals surface area contributed by atoms with Gasteiger partial charge in [0.25, 0.3) is 0 Å². The smallest absolute Gasteiger partial charge is 0.222 e. The maximum absolute atomic E-state index is 11.8. The first kappa shape index (κ1) is 20.3. The van der Waals surface area contributed by atoms with Gasteiger partial charge in [0.2, 0.25) is 5.91 Å². The van der Waals surface area contributed by atoms with E-state index < -0.39 is 0 Å². The Morgan fingerprint density at radius 1 is 1.29 bits per heavy atom.